The predicted molar refractivity (Wildman–Crippen MR) is 76.3 cm³/mol. The molecule has 2 atom stereocenters. The summed E-state index contributed by atoms with van der Waals surface area (Å²) in [5.41, 5.74) is 1.18. The van der Waals surface area contributed by atoms with Crippen molar-refractivity contribution in [3.63, 3.8) is 0 Å². The molecule has 1 aliphatic heterocycles. The highest BCUT2D eigenvalue weighted by molar-refractivity contribution is 7.11. The van der Waals surface area contributed by atoms with E-state index >= 15 is 0 Å². The van der Waals surface area contributed by atoms with Gasteiger partial charge in [0.15, 0.2) is 0 Å². The average molecular weight is 268 g/mol. The highest BCUT2D eigenvalue weighted by atomic mass is 32.1. The molecule has 4 heteroatoms. The Labute approximate surface area is 114 Å². The molecule has 0 saturated carbocycles. The molecule has 0 aromatic carbocycles. The predicted octanol–water partition coefficient (Wildman–Crippen LogP) is 2.85. The first kappa shape index (κ1) is 14.0. The van der Waals surface area contributed by atoms with Crippen molar-refractivity contribution < 1.29 is 4.74 Å². The van der Waals surface area contributed by atoms with Crippen LogP contribution in [0.4, 0.5) is 0 Å². The second-order valence-corrected chi connectivity index (χ2v) is 6.31. The van der Waals surface area contributed by atoms with Gasteiger partial charge in [0.1, 0.15) is 0 Å². The minimum Gasteiger partial charge on any atom is -0.377 e. The molecule has 2 rings (SSSR count). The summed E-state index contributed by atoms with van der Waals surface area (Å²) < 4.78 is 5.92. The average Bonchev–Trinajstić information content (AvgIpc) is 2.69. The van der Waals surface area contributed by atoms with Crippen LogP contribution in [-0.4, -0.2) is 30.3 Å². The lowest BCUT2D eigenvalue weighted by atomic mass is 10.00. The van der Waals surface area contributed by atoms with Gasteiger partial charge in [-0.3, -0.25) is 0 Å². The van der Waals surface area contributed by atoms with Gasteiger partial charge in [-0.2, -0.15) is 0 Å². The fourth-order valence-electron chi connectivity index (χ4n) is 2.49. The highest BCUT2D eigenvalue weighted by Crippen LogP contribution is 2.22. The number of nitrogens with zero attached hydrogens (tertiary/aromatic N) is 1. The molecule has 1 aliphatic rings. The summed E-state index contributed by atoms with van der Waals surface area (Å²) in [4.78, 5) is 5.99. The Morgan fingerprint density at radius 2 is 2.28 bits per heavy atom. The van der Waals surface area contributed by atoms with Crippen molar-refractivity contribution in [3.8, 4) is 0 Å². The fourth-order valence-corrected chi connectivity index (χ4v) is 3.49. The topological polar surface area (TPSA) is 34.2 Å². The van der Waals surface area contributed by atoms with Crippen molar-refractivity contribution in [3.05, 3.63) is 15.6 Å². The van der Waals surface area contributed by atoms with Crippen LogP contribution in [0.15, 0.2) is 0 Å². The zero-order valence-corrected chi connectivity index (χ0v) is 12.5. The summed E-state index contributed by atoms with van der Waals surface area (Å²) in [6.07, 6.45) is 5.05. The molecule has 1 aromatic rings. The first-order valence-corrected chi connectivity index (χ1v) is 7.80. The van der Waals surface area contributed by atoms with E-state index < -0.39 is 0 Å². The summed E-state index contributed by atoms with van der Waals surface area (Å²) in [7, 11) is 0. The second kappa shape index (κ2) is 6.64. The Morgan fingerprint density at radius 3 is 2.83 bits per heavy atom. The summed E-state index contributed by atoms with van der Waals surface area (Å²) in [5.74, 6) is 0. The van der Waals surface area contributed by atoms with Crippen LogP contribution in [-0.2, 0) is 11.2 Å². The van der Waals surface area contributed by atoms with Crippen LogP contribution in [0.25, 0.3) is 0 Å². The molecule has 18 heavy (non-hydrogen) atoms. The Morgan fingerprint density at radius 1 is 1.44 bits per heavy atom. The second-order valence-electron chi connectivity index (χ2n) is 5.02. The number of ether oxygens (including phenoxy) is 1. The number of aromatic nitrogens is 1. The molecule has 0 aliphatic carbocycles. The van der Waals surface area contributed by atoms with Crippen LogP contribution in [0, 0.1) is 13.8 Å². The van der Waals surface area contributed by atoms with Crippen LogP contribution < -0.4 is 5.32 Å². The van der Waals surface area contributed by atoms with E-state index in [1.807, 2.05) is 11.3 Å². The van der Waals surface area contributed by atoms with Gasteiger partial charge < -0.3 is 10.1 Å². The Balaban J connectivity index is 2.00. The minimum atomic E-state index is 0.364. The Hall–Kier alpha value is -0.450. The lowest BCUT2D eigenvalue weighted by Gasteiger charge is -2.30. The van der Waals surface area contributed by atoms with Crippen molar-refractivity contribution in [1.29, 1.82) is 0 Å². The number of thiazole rings is 1. The van der Waals surface area contributed by atoms with Crippen molar-refractivity contribution >= 4 is 11.3 Å². The lowest BCUT2D eigenvalue weighted by Crippen LogP contribution is -2.44. The van der Waals surface area contributed by atoms with Gasteiger partial charge in [-0.15, -0.1) is 11.3 Å². The van der Waals surface area contributed by atoms with Crippen LogP contribution >= 0.6 is 11.3 Å². The van der Waals surface area contributed by atoms with Crippen LogP contribution in [0.2, 0.25) is 0 Å². The van der Waals surface area contributed by atoms with Crippen LogP contribution in [0.5, 0.6) is 0 Å². The number of likely N-dealkylation sites (N-methyl/N-ethyl adjacent to an activating group) is 1. The molecule has 2 unspecified atom stereocenters. The van der Waals surface area contributed by atoms with Crippen molar-refractivity contribution in [1.82, 2.24) is 10.3 Å². The van der Waals surface area contributed by atoms with Gasteiger partial charge in [0, 0.05) is 23.9 Å². The highest BCUT2D eigenvalue weighted by Gasteiger charge is 2.25. The molecule has 1 aromatic heterocycles. The van der Waals surface area contributed by atoms with Gasteiger partial charge in [-0.05, 0) is 39.7 Å². The molecule has 2 heterocycles. The maximum Gasteiger partial charge on any atom is 0.0947 e. The Kier molecular flexibility index (Phi) is 5.15. The molecule has 0 radical (unpaired) electrons. The molecule has 1 fully saturated rings. The zero-order valence-electron chi connectivity index (χ0n) is 11.7. The lowest BCUT2D eigenvalue weighted by molar-refractivity contribution is -0.00710. The summed E-state index contributed by atoms with van der Waals surface area (Å²) in [5, 5.41) is 4.81. The van der Waals surface area contributed by atoms with Gasteiger partial charge in [-0.1, -0.05) is 6.92 Å². The Bertz CT molecular complexity index is 352. The van der Waals surface area contributed by atoms with Gasteiger partial charge in [0.05, 0.1) is 16.8 Å². The molecular weight excluding hydrogens is 244 g/mol. The SMILES string of the molecule is CCNC(Cc1nc(C)c(C)s1)C1CCCCO1. The maximum atomic E-state index is 5.92. The van der Waals surface area contributed by atoms with Gasteiger partial charge >= 0.3 is 0 Å². The third-order valence-corrected chi connectivity index (χ3v) is 4.69. The van der Waals surface area contributed by atoms with E-state index in [1.165, 1.54) is 34.8 Å². The van der Waals surface area contributed by atoms with Gasteiger partial charge in [0.2, 0.25) is 0 Å². The first-order valence-electron chi connectivity index (χ1n) is 6.98. The smallest absolute Gasteiger partial charge is 0.0947 e. The van der Waals surface area contributed by atoms with E-state index in [1.54, 1.807) is 0 Å². The van der Waals surface area contributed by atoms with E-state index in [4.69, 9.17) is 4.74 Å². The number of hydrogen-bond acceptors (Lipinski definition) is 4. The molecule has 0 bridgehead atoms. The largest absolute Gasteiger partial charge is 0.377 e. The molecule has 3 nitrogen and oxygen atoms in total. The first-order chi connectivity index (χ1) is 8.70. The summed E-state index contributed by atoms with van der Waals surface area (Å²) in [6.45, 7) is 8.31. The molecular formula is C14H24N2OS. The number of aryl methyl sites for hydroxylation is 2. The maximum absolute atomic E-state index is 5.92. The van der Waals surface area contributed by atoms with E-state index in [-0.39, 0.29) is 0 Å². The number of nitrogens with one attached hydrogen (secondary N) is 1. The molecule has 1 saturated heterocycles. The van der Waals surface area contributed by atoms with E-state index in [2.05, 4.69) is 31.1 Å². The van der Waals surface area contributed by atoms with Crippen LogP contribution in [0.3, 0.4) is 0 Å². The van der Waals surface area contributed by atoms with Gasteiger partial charge in [0.25, 0.3) is 0 Å². The summed E-state index contributed by atoms with van der Waals surface area (Å²) >= 11 is 1.83. The van der Waals surface area contributed by atoms with Gasteiger partial charge in [-0.25, -0.2) is 4.98 Å². The number of rotatable bonds is 5. The fraction of sp³-hybridized carbons (Fsp3) is 0.786. The quantitative estimate of drug-likeness (QED) is 0.891. The third kappa shape index (κ3) is 3.53. The zero-order chi connectivity index (χ0) is 13.0. The van der Waals surface area contributed by atoms with E-state index in [9.17, 15) is 0 Å². The third-order valence-electron chi connectivity index (χ3n) is 3.60. The molecule has 102 valence electrons. The van der Waals surface area contributed by atoms with Crippen molar-refractivity contribution in [2.45, 2.75) is 58.6 Å². The normalized spacial score (nSPS) is 22.1. The van der Waals surface area contributed by atoms with E-state index in [0.717, 1.165) is 19.6 Å². The summed E-state index contributed by atoms with van der Waals surface area (Å²) in [6, 6.07) is 0.417. The van der Waals surface area contributed by atoms with Crippen LogP contribution in [0.1, 0.15) is 41.8 Å². The van der Waals surface area contributed by atoms with Crippen molar-refractivity contribution in [2.24, 2.45) is 0 Å². The number of hydrogen-bond donors (Lipinski definition) is 1. The van der Waals surface area contributed by atoms with Crippen molar-refractivity contribution in [2.75, 3.05) is 13.2 Å². The monoisotopic (exact) mass is 268 g/mol. The molecule has 0 amide bonds. The molecule has 0 spiro atoms. The minimum absolute atomic E-state index is 0.364. The van der Waals surface area contributed by atoms with E-state index in [0.29, 0.717) is 12.1 Å². The standard InChI is InChI=1S/C14H24N2OS/c1-4-15-12(13-7-5-6-8-17-13)9-14-16-10(2)11(3)18-14/h12-13,15H,4-9H2,1-3H3. The molecule has 1 N–H and O–H groups in total.